The van der Waals surface area contributed by atoms with E-state index in [-0.39, 0.29) is 12.2 Å². The fourth-order valence-corrected chi connectivity index (χ4v) is 1.75. The molecule has 0 radical (unpaired) electrons. The zero-order valence-electron chi connectivity index (χ0n) is 11.7. The van der Waals surface area contributed by atoms with E-state index in [0.29, 0.717) is 11.4 Å². The minimum Gasteiger partial charge on any atom is -0.443 e. The van der Waals surface area contributed by atoms with E-state index >= 15 is 0 Å². The Morgan fingerprint density at radius 1 is 0.955 bits per heavy atom. The Morgan fingerprint density at radius 2 is 1.59 bits per heavy atom. The van der Waals surface area contributed by atoms with Gasteiger partial charge < -0.3 is 16.2 Å². The maximum atomic E-state index is 11.8. The van der Waals surface area contributed by atoms with Gasteiger partial charge in [-0.05, 0) is 23.8 Å². The van der Waals surface area contributed by atoms with Crippen LogP contribution in [0.3, 0.4) is 0 Å². The molecule has 22 heavy (non-hydrogen) atoms. The Kier molecular flexibility index (Phi) is 4.81. The van der Waals surface area contributed by atoms with Gasteiger partial charge in [0.15, 0.2) is 0 Å². The van der Waals surface area contributed by atoms with E-state index in [0.717, 1.165) is 5.56 Å². The summed E-state index contributed by atoms with van der Waals surface area (Å²) in [5.41, 5.74) is 17.3. The molecular formula is C15H16N4O3. The SMILES string of the molecule is Nc1cc(N)cc(C(=O)NNC(=O)OCc2ccccc2)c1. The second kappa shape index (κ2) is 6.98. The van der Waals surface area contributed by atoms with Crippen molar-refractivity contribution in [1.82, 2.24) is 10.9 Å². The van der Waals surface area contributed by atoms with Gasteiger partial charge in [0.1, 0.15) is 6.61 Å². The number of carbonyl (C=O) groups is 2. The number of hydrogen-bond acceptors (Lipinski definition) is 5. The van der Waals surface area contributed by atoms with Crippen molar-refractivity contribution in [2.45, 2.75) is 6.61 Å². The van der Waals surface area contributed by atoms with Crippen molar-refractivity contribution < 1.29 is 14.3 Å². The molecule has 114 valence electrons. The van der Waals surface area contributed by atoms with Gasteiger partial charge in [-0.15, -0.1) is 0 Å². The lowest BCUT2D eigenvalue weighted by atomic mass is 10.1. The molecule has 2 amide bonds. The number of nitrogens with two attached hydrogens (primary N) is 2. The number of ether oxygens (including phenoxy) is 1. The molecule has 2 rings (SSSR count). The van der Waals surface area contributed by atoms with E-state index in [1.165, 1.54) is 18.2 Å². The molecule has 0 spiro atoms. The first-order chi connectivity index (χ1) is 10.5. The number of carbonyl (C=O) groups excluding carboxylic acids is 2. The van der Waals surface area contributed by atoms with E-state index in [9.17, 15) is 9.59 Å². The van der Waals surface area contributed by atoms with E-state index in [4.69, 9.17) is 16.2 Å². The third-order valence-corrected chi connectivity index (χ3v) is 2.73. The standard InChI is InChI=1S/C15H16N4O3/c16-12-6-11(7-13(17)8-12)14(20)18-19-15(21)22-9-10-4-2-1-3-5-10/h1-8H,9,16-17H2,(H,18,20)(H,19,21). The Morgan fingerprint density at radius 3 is 2.23 bits per heavy atom. The van der Waals surface area contributed by atoms with Crippen molar-refractivity contribution in [2.75, 3.05) is 11.5 Å². The summed E-state index contributed by atoms with van der Waals surface area (Å²) in [4.78, 5) is 23.3. The van der Waals surface area contributed by atoms with Crippen molar-refractivity contribution in [1.29, 1.82) is 0 Å². The molecule has 2 aromatic rings. The van der Waals surface area contributed by atoms with Crippen LogP contribution in [0.5, 0.6) is 0 Å². The molecular weight excluding hydrogens is 284 g/mol. The summed E-state index contributed by atoms with van der Waals surface area (Å²) in [5.74, 6) is -0.546. The highest BCUT2D eigenvalue weighted by molar-refractivity contribution is 5.96. The molecule has 0 bridgehead atoms. The largest absolute Gasteiger partial charge is 0.443 e. The zero-order valence-corrected chi connectivity index (χ0v) is 11.7. The van der Waals surface area contributed by atoms with Crippen LogP contribution in [0, 0.1) is 0 Å². The molecule has 0 aliphatic heterocycles. The number of hydrazine groups is 1. The highest BCUT2D eigenvalue weighted by Crippen LogP contribution is 2.13. The smallest absolute Gasteiger partial charge is 0.426 e. The number of nitrogens with one attached hydrogen (secondary N) is 2. The Hall–Kier alpha value is -3.22. The Labute approximate surface area is 127 Å². The lowest BCUT2D eigenvalue weighted by Gasteiger charge is -2.09. The monoisotopic (exact) mass is 300 g/mol. The zero-order chi connectivity index (χ0) is 15.9. The molecule has 7 nitrogen and oxygen atoms in total. The van der Waals surface area contributed by atoms with Crippen LogP contribution < -0.4 is 22.3 Å². The second-order valence-electron chi connectivity index (χ2n) is 4.53. The van der Waals surface area contributed by atoms with Gasteiger partial charge in [-0.1, -0.05) is 30.3 Å². The van der Waals surface area contributed by atoms with Crippen LogP contribution in [0.2, 0.25) is 0 Å². The number of hydrogen-bond donors (Lipinski definition) is 4. The van der Waals surface area contributed by atoms with Crippen LogP contribution in [0.1, 0.15) is 15.9 Å². The number of rotatable bonds is 3. The molecule has 0 fully saturated rings. The topological polar surface area (TPSA) is 119 Å². The van der Waals surface area contributed by atoms with Gasteiger partial charge in [0.05, 0.1) is 0 Å². The maximum absolute atomic E-state index is 11.8. The van der Waals surface area contributed by atoms with Crippen molar-refractivity contribution in [3.63, 3.8) is 0 Å². The number of anilines is 2. The second-order valence-corrected chi connectivity index (χ2v) is 4.53. The molecule has 0 atom stereocenters. The van der Waals surface area contributed by atoms with Gasteiger partial charge in [0.2, 0.25) is 0 Å². The molecule has 2 aromatic carbocycles. The van der Waals surface area contributed by atoms with Crippen LogP contribution in [0.4, 0.5) is 16.2 Å². The minimum absolute atomic E-state index is 0.105. The minimum atomic E-state index is -0.769. The predicted molar refractivity (Wildman–Crippen MR) is 82.5 cm³/mol. The fraction of sp³-hybridized carbons (Fsp3) is 0.0667. The number of nitrogen functional groups attached to an aromatic ring is 2. The van der Waals surface area contributed by atoms with E-state index in [2.05, 4.69) is 10.9 Å². The molecule has 0 heterocycles. The van der Waals surface area contributed by atoms with Gasteiger partial charge in [0.25, 0.3) is 5.91 Å². The van der Waals surface area contributed by atoms with Gasteiger partial charge in [-0.3, -0.25) is 10.2 Å². The predicted octanol–water partition coefficient (Wildman–Crippen LogP) is 1.42. The summed E-state index contributed by atoms with van der Waals surface area (Å²) in [7, 11) is 0. The molecule has 0 saturated carbocycles. The third-order valence-electron chi connectivity index (χ3n) is 2.73. The first-order valence-corrected chi connectivity index (χ1v) is 6.47. The van der Waals surface area contributed by atoms with Crippen LogP contribution in [-0.2, 0) is 11.3 Å². The Bertz CT molecular complexity index is 653. The third kappa shape index (κ3) is 4.41. The number of amides is 2. The van der Waals surface area contributed by atoms with Crippen LogP contribution in [0.15, 0.2) is 48.5 Å². The quantitative estimate of drug-likeness (QED) is 0.505. The van der Waals surface area contributed by atoms with E-state index < -0.39 is 12.0 Å². The highest BCUT2D eigenvalue weighted by Gasteiger charge is 2.09. The van der Waals surface area contributed by atoms with E-state index in [1.807, 2.05) is 30.3 Å². The molecule has 0 saturated heterocycles. The maximum Gasteiger partial charge on any atom is 0.426 e. The van der Waals surface area contributed by atoms with Gasteiger partial charge in [-0.25, -0.2) is 10.2 Å². The van der Waals surface area contributed by atoms with Crippen molar-refractivity contribution >= 4 is 23.4 Å². The average Bonchev–Trinajstić information content (AvgIpc) is 2.50. The van der Waals surface area contributed by atoms with Crippen molar-refractivity contribution in [3.05, 3.63) is 59.7 Å². The molecule has 0 aliphatic carbocycles. The summed E-state index contributed by atoms with van der Waals surface area (Å²) in [6.45, 7) is 0.105. The summed E-state index contributed by atoms with van der Waals surface area (Å²) in [6.07, 6.45) is -0.769. The highest BCUT2D eigenvalue weighted by atomic mass is 16.6. The Balaban J connectivity index is 1.81. The molecule has 0 unspecified atom stereocenters. The summed E-state index contributed by atoms with van der Waals surface area (Å²) in [5, 5.41) is 0. The van der Waals surface area contributed by atoms with Gasteiger partial charge >= 0.3 is 6.09 Å². The van der Waals surface area contributed by atoms with Crippen molar-refractivity contribution in [2.24, 2.45) is 0 Å². The molecule has 0 aliphatic rings. The lowest BCUT2D eigenvalue weighted by molar-refractivity contribution is 0.0905. The molecule has 7 heteroatoms. The van der Waals surface area contributed by atoms with Gasteiger partial charge in [0, 0.05) is 16.9 Å². The first kappa shape index (κ1) is 15.2. The summed E-state index contributed by atoms with van der Waals surface area (Å²) < 4.78 is 4.95. The van der Waals surface area contributed by atoms with Crippen LogP contribution in [-0.4, -0.2) is 12.0 Å². The van der Waals surface area contributed by atoms with E-state index in [1.54, 1.807) is 0 Å². The van der Waals surface area contributed by atoms with Gasteiger partial charge in [-0.2, -0.15) is 0 Å². The molecule has 6 N–H and O–H groups in total. The lowest BCUT2D eigenvalue weighted by Crippen LogP contribution is -2.41. The summed E-state index contributed by atoms with van der Waals surface area (Å²) >= 11 is 0. The fourth-order valence-electron chi connectivity index (χ4n) is 1.75. The number of benzene rings is 2. The van der Waals surface area contributed by atoms with Crippen molar-refractivity contribution in [3.8, 4) is 0 Å². The summed E-state index contributed by atoms with van der Waals surface area (Å²) in [6, 6.07) is 13.6. The van der Waals surface area contributed by atoms with Crippen LogP contribution in [0.25, 0.3) is 0 Å². The normalized spacial score (nSPS) is 9.82. The van der Waals surface area contributed by atoms with Crippen LogP contribution >= 0.6 is 0 Å². The average molecular weight is 300 g/mol. The first-order valence-electron chi connectivity index (χ1n) is 6.47. The molecule has 0 aromatic heterocycles.